The summed E-state index contributed by atoms with van der Waals surface area (Å²) < 4.78 is 16.1. The van der Waals surface area contributed by atoms with Gasteiger partial charge in [-0.1, -0.05) is 6.08 Å². The summed E-state index contributed by atoms with van der Waals surface area (Å²) in [5.74, 6) is 2.70. The van der Waals surface area contributed by atoms with Crippen LogP contribution in [0.4, 0.5) is 0 Å². The molecule has 0 aliphatic heterocycles. The molecule has 3 rings (SSSR count). The van der Waals surface area contributed by atoms with Crippen LogP contribution in [0.5, 0.6) is 11.5 Å². The van der Waals surface area contributed by atoms with E-state index in [1.165, 1.54) is 9.79 Å². The molecule has 2 aromatic carbocycles. The molecule has 26 heavy (non-hydrogen) atoms. The molecule has 0 amide bonds. The SMILES string of the molecule is COC1=CCC(S(C)(c2ccc(OC)cc2)c2ccc(OC)cc2)C=C1. The van der Waals surface area contributed by atoms with E-state index in [9.17, 15) is 0 Å². The number of rotatable bonds is 6. The summed E-state index contributed by atoms with van der Waals surface area (Å²) in [6.07, 6.45) is 9.92. The lowest BCUT2D eigenvalue weighted by Crippen LogP contribution is -2.18. The average Bonchev–Trinajstić information content (AvgIpc) is 2.73. The Morgan fingerprint density at radius 1 is 0.769 bits per heavy atom. The second kappa shape index (κ2) is 7.92. The largest absolute Gasteiger partial charge is 0.497 e. The van der Waals surface area contributed by atoms with E-state index in [1.54, 1.807) is 21.3 Å². The summed E-state index contributed by atoms with van der Waals surface area (Å²) >= 11 is 0. The zero-order valence-electron chi connectivity index (χ0n) is 15.8. The second-order valence-corrected chi connectivity index (χ2v) is 9.79. The molecule has 0 radical (unpaired) electrons. The van der Waals surface area contributed by atoms with Gasteiger partial charge in [-0.05, 0) is 83.2 Å². The zero-order chi connectivity index (χ0) is 18.6. The Bertz CT molecular complexity index is 744. The van der Waals surface area contributed by atoms with Gasteiger partial charge >= 0.3 is 0 Å². The van der Waals surface area contributed by atoms with Crippen molar-refractivity contribution in [1.82, 2.24) is 0 Å². The van der Waals surface area contributed by atoms with Crippen LogP contribution in [-0.4, -0.2) is 32.8 Å². The van der Waals surface area contributed by atoms with Crippen molar-refractivity contribution in [2.24, 2.45) is 0 Å². The van der Waals surface area contributed by atoms with Gasteiger partial charge in [0.2, 0.25) is 0 Å². The third-order valence-electron chi connectivity index (χ3n) is 4.97. The van der Waals surface area contributed by atoms with Crippen molar-refractivity contribution in [2.45, 2.75) is 21.5 Å². The highest BCUT2D eigenvalue weighted by Gasteiger charge is 2.32. The predicted octanol–water partition coefficient (Wildman–Crippen LogP) is 5.42. The van der Waals surface area contributed by atoms with Crippen molar-refractivity contribution in [3.05, 3.63) is 72.5 Å². The molecule has 1 aliphatic carbocycles. The number of ether oxygens (including phenoxy) is 3. The molecule has 0 fully saturated rings. The van der Waals surface area contributed by atoms with Crippen LogP contribution in [0.25, 0.3) is 0 Å². The Hall–Kier alpha value is -2.33. The lowest BCUT2D eigenvalue weighted by Gasteiger charge is -2.43. The Morgan fingerprint density at radius 3 is 1.62 bits per heavy atom. The first-order chi connectivity index (χ1) is 12.6. The van der Waals surface area contributed by atoms with E-state index in [0.29, 0.717) is 5.25 Å². The number of hydrogen-bond donors (Lipinski definition) is 0. The van der Waals surface area contributed by atoms with Gasteiger partial charge < -0.3 is 14.2 Å². The number of hydrogen-bond acceptors (Lipinski definition) is 3. The van der Waals surface area contributed by atoms with Crippen molar-refractivity contribution in [3.8, 4) is 11.5 Å². The fourth-order valence-electron chi connectivity index (χ4n) is 3.28. The van der Waals surface area contributed by atoms with Crippen LogP contribution in [0.2, 0.25) is 0 Å². The van der Waals surface area contributed by atoms with Gasteiger partial charge in [0, 0.05) is 5.25 Å². The molecule has 0 spiro atoms. The maximum atomic E-state index is 5.37. The number of benzene rings is 2. The molecule has 2 aromatic rings. The van der Waals surface area contributed by atoms with Gasteiger partial charge in [-0.3, -0.25) is 0 Å². The second-order valence-electron chi connectivity index (χ2n) is 6.28. The molecular formula is C22H26O3S. The third-order valence-corrected chi connectivity index (χ3v) is 9.03. The maximum Gasteiger partial charge on any atom is 0.118 e. The van der Waals surface area contributed by atoms with Gasteiger partial charge in [-0.25, -0.2) is 0 Å². The summed E-state index contributed by atoms with van der Waals surface area (Å²) in [6, 6.07) is 17.0. The summed E-state index contributed by atoms with van der Waals surface area (Å²) in [7, 11) is 3.84. The molecule has 0 heterocycles. The van der Waals surface area contributed by atoms with Crippen LogP contribution in [0, 0.1) is 0 Å². The highest BCUT2D eigenvalue weighted by Crippen LogP contribution is 2.65. The monoisotopic (exact) mass is 370 g/mol. The van der Waals surface area contributed by atoms with Crippen LogP contribution in [0.15, 0.2) is 82.3 Å². The summed E-state index contributed by atoms with van der Waals surface area (Å²) in [6.45, 7) is 0. The molecular weight excluding hydrogens is 344 g/mol. The fraction of sp³-hybridized carbons (Fsp3) is 0.273. The van der Waals surface area contributed by atoms with Crippen LogP contribution < -0.4 is 9.47 Å². The Morgan fingerprint density at radius 2 is 1.27 bits per heavy atom. The van der Waals surface area contributed by atoms with Crippen LogP contribution >= 0.6 is 10.0 Å². The molecule has 1 atom stereocenters. The quantitative estimate of drug-likeness (QED) is 0.680. The van der Waals surface area contributed by atoms with Gasteiger partial charge in [-0.15, -0.1) is 0 Å². The minimum absolute atomic E-state index is 0.406. The minimum Gasteiger partial charge on any atom is -0.497 e. The van der Waals surface area contributed by atoms with E-state index in [2.05, 4.69) is 48.7 Å². The Balaban J connectivity index is 2.05. The highest BCUT2D eigenvalue weighted by atomic mass is 32.3. The summed E-state index contributed by atoms with van der Waals surface area (Å²) in [4.78, 5) is 2.68. The van der Waals surface area contributed by atoms with E-state index in [1.807, 2.05) is 24.3 Å². The van der Waals surface area contributed by atoms with Gasteiger partial charge in [0.05, 0.1) is 21.3 Å². The van der Waals surface area contributed by atoms with Crippen molar-refractivity contribution in [3.63, 3.8) is 0 Å². The molecule has 4 heteroatoms. The van der Waals surface area contributed by atoms with Gasteiger partial charge in [-0.2, -0.15) is 10.0 Å². The molecule has 138 valence electrons. The lowest BCUT2D eigenvalue weighted by molar-refractivity contribution is 0.304. The van der Waals surface area contributed by atoms with E-state index in [-0.39, 0.29) is 0 Å². The first kappa shape index (κ1) is 18.5. The molecule has 0 saturated heterocycles. The number of allylic oxidation sites excluding steroid dienone is 2. The van der Waals surface area contributed by atoms with Crippen molar-refractivity contribution >= 4 is 10.0 Å². The molecule has 1 unspecified atom stereocenters. The van der Waals surface area contributed by atoms with E-state index in [4.69, 9.17) is 14.2 Å². The maximum absolute atomic E-state index is 5.37. The molecule has 3 nitrogen and oxygen atoms in total. The first-order valence-electron chi connectivity index (χ1n) is 8.59. The van der Waals surface area contributed by atoms with E-state index >= 15 is 0 Å². The van der Waals surface area contributed by atoms with Gasteiger partial charge in [0.25, 0.3) is 0 Å². The van der Waals surface area contributed by atoms with E-state index < -0.39 is 10.0 Å². The standard InChI is InChI=1S/C22H26O3S/c1-23-17-5-11-20(12-6-17)26(4,21-13-7-18(24-2)8-14-21)22-15-9-19(25-3)10-16-22/h5-15,22H,16H2,1-4H3. The molecule has 1 aliphatic rings. The lowest BCUT2D eigenvalue weighted by atomic mass is 10.2. The van der Waals surface area contributed by atoms with Crippen molar-refractivity contribution in [2.75, 3.05) is 27.6 Å². The Kier molecular flexibility index (Phi) is 5.62. The Labute approximate surface area is 157 Å². The third kappa shape index (κ3) is 3.47. The topological polar surface area (TPSA) is 27.7 Å². The van der Waals surface area contributed by atoms with Crippen molar-refractivity contribution in [1.29, 1.82) is 0 Å². The van der Waals surface area contributed by atoms with E-state index in [0.717, 1.165) is 23.7 Å². The minimum atomic E-state index is -1.28. The van der Waals surface area contributed by atoms with Crippen LogP contribution in [-0.2, 0) is 4.74 Å². The van der Waals surface area contributed by atoms with Gasteiger partial charge in [0.15, 0.2) is 0 Å². The smallest absolute Gasteiger partial charge is 0.118 e. The molecule has 0 saturated carbocycles. The first-order valence-corrected chi connectivity index (χ1v) is 10.7. The van der Waals surface area contributed by atoms with Crippen LogP contribution in [0.1, 0.15) is 6.42 Å². The average molecular weight is 371 g/mol. The highest BCUT2D eigenvalue weighted by molar-refractivity contribution is 8.33. The number of methoxy groups -OCH3 is 3. The fourth-order valence-corrected chi connectivity index (χ4v) is 6.53. The predicted molar refractivity (Wildman–Crippen MR) is 109 cm³/mol. The summed E-state index contributed by atoms with van der Waals surface area (Å²) in [5, 5.41) is 0.406. The molecule has 0 bridgehead atoms. The normalized spacial score (nSPS) is 17.4. The van der Waals surface area contributed by atoms with Crippen LogP contribution in [0.3, 0.4) is 0 Å². The van der Waals surface area contributed by atoms with Gasteiger partial charge in [0.1, 0.15) is 17.3 Å². The zero-order valence-corrected chi connectivity index (χ0v) is 16.6. The van der Waals surface area contributed by atoms with Crippen molar-refractivity contribution < 1.29 is 14.2 Å². The molecule has 0 aromatic heterocycles. The molecule has 0 N–H and O–H groups in total. The summed E-state index contributed by atoms with van der Waals surface area (Å²) in [5.41, 5.74) is 0.